The van der Waals surface area contributed by atoms with Crippen molar-refractivity contribution in [1.29, 1.82) is 0 Å². The molecule has 1 aliphatic heterocycles. The standard InChI is InChI=1S/C21H23NO4/c1-14-6-5-7-17(12-14)25-11-10-22-18-13-16(15(2)23)8-9-19(18)26-21(3,4)20(22)24/h5-9,12-13H,10-11H2,1-4H3. The molecule has 3 rings (SSSR count). The topological polar surface area (TPSA) is 55.8 Å². The van der Waals surface area contributed by atoms with Gasteiger partial charge in [-0.25, -0.2) is 0 Å². The van der Waals surface area contributed by atoms with E-state index < -0.39 is 5.60 Å². The quantitative estimate of drug-likeness (QED) is 0.768. The van der Waals surface area contributed by atoms with Crippen molar-refractivity contribution in [3.8, 4) is 11.5 Å². The predicted octanol–water partition coefficient (Wildman–Crippen LogP) is 3.78. The maximum atomic E-state index is 12.8. The third-order valence-corrected chi connectivity index (χ3v) is 4.35. The third-order valence-electron chi connectivity index (χ3n) is 4.35. The summed E-state index contributed by atoms with van der Waals surface area (Å²) in [6, 6.07) is 12.9. The molecule has 0 aliphatic carbocycles. The van der Waals surface area contributed by atoms with Gasteiger partial charge < -0.3 is 14.4 Å². The lowest BCUT2D eigenvalue weighted by Gasteiger charge is -2.38. The molecule has 0 saturated carbocycles. The van der Waals surface area contributed by atoms with Gasteiger partial charge in [0, 0.05) is 5.56 Å². The van der Waals surface area contributed by atoms with Crippen LogP contribution in [-0.4, -0.2) is 30.4 Å². The summed E-state index contributed by atoms with van der Waals surface area (Å²) in [5, 5.41) is 0. The maximum absolute atomic E-state index is 12.8. The van der Waals surface area contributed by atoms with E-state index in [1.165, 1.54) is 6.92 Å². The number of amides is 1. The number of ether oxygens (including phenoxy) is 2. The van der Waals surface area contributed by atoms with Gasteiger partial charge in [0.15, 0.2) is 11.4 Å². The first-order valence-electron chi connectivity index (χ1n) is 8.63. The van der Waals surface area contributed by atoms with Crippen molar-refractivity contribution in [3.63, 3.8) is 0 Å². The van der Waals surface area contributed by atoms with Crippen molar-refractivity contribution in [2.45, 2.75) is 33.3 Å². The van der Waals surface area contributed by atoms with Crippen LogP contribution in [0.2, 0.25) is 0 Å². The number of fused-ring (bicyclic) bond motifs is 1. The van der Waals surface area contributed by atoms with Gasteiger partial charge in [-0.3, -0.25) is 9.59 Å². The molecule has 0 atom stereocenters. The first kappa shape index (κ1) is 18.0. The number of carbonyl (C=O) groups excluding carboxylic acids is 2. The molecule has 5 nitrogen and oxygen atoms in total. The van der Waals surface area contributed by atoms with Crippen LogP contribution in [-0.2, 0) is 4.79 Å². The van der Waals surface area contributed by atoms with Gasteiger partial charge in [-0.1, -0.05) is 12.1 Å². The molecule has 0 aromatic heterocycles. The maximum Gasteiger partial charge on any atom is 0.270 e. The second-order valence-electron chi connectivity index (χ2n) is 6.97. The van der Waals surface area contributed by atoms with Gasteiger partial charge in [0.05, 0.1) is 12.2 Å². The van der Waals surface area contributed by atoms with Crippen LogP contribution in [0.1, 0.15) is 36.7 Å². The molecule has 0 unspecified atom stereocenters. The summed E-state index contributed by atoms with van der Waals surface area (Å²) < 4.78 is 11.6. The fraction of sp³-hybridized carbons (Fsp3) is 0.333. The van der Waals surface area contributed by atoms with Crippen LogP contribution in [0.3, 0.4) is 0 Å². The number of hydrogen-bond acceptors (Lipinski definition) is 4. The highest BCUT2D eigenvalue weighted by Crippen LogP contribution is 2.38. The summed E-state index contributed by atoms with van der Waals surface area (Å²) in [5.41, 5.74) is 1.30. The summed E-state index contributed by atoms with van der Waals surface area (Å²) >= 11 is 0. The molecular formula is C21H23NO4. The Hall–Kier alpha value is -2.82. The summed E-state index contributed by atoms with van der Waals surface area (Å²) in [6.07, 6.45) is 0. The van der Waals surface area contributed by atoms with E-state index in [1.54, 1.807) is 36.9 Å². The number of benzene rings is 2. The van der Waals surface area contributed by atoms with E-state index in [9.17, 15) is 9.59 Å². The Morgan fingerprint density at radius 1 is 1.19 bits per heavy atom. The van der Waals surface area contributed by atoms with Crippen LogP contribution in [0.5, 0.6) is 11.5 Å². The molecule has 0 bridgehead atoms. The van der Waals surface area contributed by atoms with Gasteiger partial charge in [-0.15, -0.1) is 0 Å². The van der Waals surface area contributed by atoms with Crippen LogP contribution in [0.4, 0.5) is 5.69 Å². The number of rotatable bonds is 5. The molecule has 1 aliphatic rings. The average molecular weight is 353 g/mol. The van der Waals surface area contributed by atoms with E-state index in [1.807, 2.05) is 31.2 Å². The van der Waals surface area contributed by atoms with E-state index >= 15 is 0 Å². The largest absolute Gasteiger partial charge is 0.492 e. The Labute approximate surface area is 153 Å². The van der Waals surface area contributed by atoms with Crippen LogP contribution in [0.15, 0.2) is 42.5 Å². The second kappa shape index (κ2) is 6.83. The summed E-state index contributed by atoms with van der Waals surface area (Å²) in [5.74, 6) is 1.15. The molecule has 0 radical (unpaired) electrons. The van der Waals surface area contributed by atoms with Gasteiger partial charge in [-0.2, -0.15) is 0 Å². The smallest absolute Gasteiger partial charge is 0.270 e. The zero-order valence-electron chi connectivity index (χ0n) is 15.5. The molecule has 136 valence electrons. The molecule has 2 aromatic carbocycles. The Morgan fingerprint density at radius 3 is 2.65 bits per heavy atom. The number of Topliss-reactive ketones (excluding diaryl/α,β-unsaturated/α-hetero) is 1. The van der Waals surface area contributed by atoms with E-state index in [0.29, 0.717) is 30.2 Å². The molecule has 0 spiro atoms. The lowest BCUT2D eigenvalue weighted by atomic mass is 10.0. The number of anilines is 1. The lowest BCUT2D eigenvalue weighted by molar-refractivity contribution is -0.132. The predicted molar refractivity (Wildman–Crippen MR) is 100 cm³/mol. The minimum Gasteiger partial charge on any atom is -0.492 e. The summed E-state index contributed by atoms with van der Waals surface area (Å²) in [6.45, 7) is 7.70. The van der Waals surface area contributed by atoms with Gasteiger partial charge >= 0.3 is 0 Å². The third kappa shape index (κ3) is 3.57. The second-order valence-corrected chi connectivity index (χ2v) is 6.97. The van der Waals surface area contributed by atoms with Crippen LogP contribution in [0, 0.1) is 6.92 Å². The van der Waals surface area contributed by atoms with Crippen molar-refractivity contribution < 1.29 is 19.1 Å². The number of hydrogen-bond donors (Lipinski definition) is 0. The Balaban J connectivity index is 1.83. The zero-order chi connectivity index (χ0) is 18.9. The molecular weight excluding hydrogens is 330 g/mol. The van der Waals surface area contributed by atoms with E-state index in [4.69, 9.17) is 9.47 Å². The highest BCUT2D eigenvalue weighted by molar-refractivity contribution is 6.04. The van der Waals surface area contributed by atoms with Crippen molar-refractivity contribution in [2.24, 2.45) is 0 Å². The van der Waals surface area contributed by atoms with Crippen molar-refractivity contribution in [2.75, 3.05) is 18.1 Å². The molecule has 26 heavy (non-hydrogen) atoms. The normalized spacial score (nSPS) is 15.2. The van der Waals surface area contributed by atoms with Crippen molar-refractivity contribution in [3.05, 3.63) is 53.6 Å². The molecule has 1 amide bonds. The fourth-order valence-electron chi connectivity index (χ4n) is 2.97. The minimum atomic E-state index is -0.964. The van der Waals surface area contributed by atoms with Gasteiger partial charge in [0.1, 0.15) is 18.1 Å². The van der Waals surface area contributed by atoms with Crippen LogP contribution in [0.25, 0.3) is 0 Å². The zero-order valence-corrected chi connectivity index (χ0v) is 15.5. The van der Waals surface area contributed by atoms with Crippen LogP contribution >= 0.6 is 0 Å². The Morgan fingerprint density at radius 2 is 1.96 bits per heavy atom. The highest BCUT2D eigenvalue weighted by atomic mass is 16.5. The highest BCUT2D eigenvalue weighted by Gasteiger charge is 2.40. The SMILES string of the molecule is CC(=O)c1ccc2c(c1)N(CCOc1cccc(C)c1)C(=O)C(C)(C)O2. The number of ketones is 1. The van der Waals surface area contributed by atoms with Gasteiger partial charge in [0.25, 0.3) is 5.91 Å². The Kier molecular flexibility index (Phi) is 4.72. The Bertz CT molecular complexity index is 857. The molecule has 0 N–H and O–H groups in total. The van der Waals surface area contributed by atoms with E-state index in [2.05, 4.69) is 0 Å². The minimum absolute atomic E-state index is 0.0546. The van der Waals surface area contributed by atoms with Crippen molar-refractivity contribution in [1.82, 2.24) is 0 Å². The van der Waals surface area contributed by atoms with Crippen molar-refractivity contribution >= 4 is 17.4 Å². The van der Waals surface area contributed by atoms with E-state index in [0.717, 1.165) is 11.3 Å². The molecule has 0 saturated heterocycles. The fourth-order valence-corrected chi connectivity index (χ4v) is 2.97. The van der Waals surface area contributed by atoms with Crippen LogP contribution < -0.4 is 14.4 Å². The molecule has 5 heteroatoms. The summed E-state index contributed by atoms with van der Waals surface area (Å²) in [7, 11) is 0. The monoisotopic (exact) mass is 353 g/mol. The van der Waals surface area contributed by atoms with Gasteiger partial charge in [-0.05, 0) is 63.6 Å². The average Bonchev–Trinajstić information content (AvgIpc) is 2.57. The van der Waals surface area contributed by atoms with E-state index in [-0.39, 0.29) is 11.7 Å². The lowest BCUT2D eigenvalue weighted by Crippen LogP contribution is -2.53. The first-order valence-corrected chi connectivity index (χ1v) is 8.63. The number of aryl methyl sites for hydroxylation is 1. The molecule has 0 fully saturated rings. The first-order chi connectivity index (χ1) is 12.3. The molecule has 1 heterocycles. The van der Waals surface area contributed by atoms with Gasteiger partial charge in [0.2, 0.25) is 0 Å². The molecule has 2 aromatic rings. The summed E-state index contributed by atoms with van der Waals surface area (Å²) in [4.78, 5) is 26.2. The number of carbonyl (C=O) groups is 2. The number of nitrogens with zero attached hydrogens (tertiary/aromatic N) is 1.